The number of hydrogen-bond acceptors (Lipinski definition) is 0. The highest BCUT2D eigenvalue weighted by Gasteiger charge is 2.19. The zero-order valence-electron chi connectivity index (χ0n) is 9.40. The fourth-order valence-electron chi connectivity index (χ4n) is 2.00. The lowest BCUT2D eigenvalue weighted by molar-refractivity contribution is 1.27. The molecule has 0 N–H and O–H groups in total. The van der Waals surface area contributed by atoms with E-state index in [0.717, 1.165) is 0 Å². The van der Waals surface area contributed by atoms with Crippen molar-refractivity contribution in [2.75, 3.05) is 0 Å². The molecule has 3 rings (SSSR count). The highest BCUT2D eigenvalue weighted by atomic mass is 14.2. The lowest BCUT2D eigenvalue weighted by Gasteiger charge is -2.12. The Morgan fingerprint density at radius 2 is 1.69 bits per heavy atom. The molecule has 0 heterocycles. The Labute approximate surface area is 96.3 Å². The lowest BCUT2D eigenvalue weighted by Crippen LogP contribution is -1.93. The standard InChI is InChI=1S/C16H14/c1-11(13-7-8-13)15-5-3-4-6-16(15)12(2)14-9-10-14/h3-10,13H,1H2,2H3. The molecule has 0 aromatic heterocycles. The maximum absolute atomic E-state index is 4.20. The molecule has 0 fully saturated rings. The van der Waals surface area contributed by atoms with Crippen LogP contribution in [0.15, 0.2) is 60.7 Å². The fourth-order valence-corrected chi connectivity index (χ4v) is 2.00. The summed E-state index contributed by atoms with van der Waals surface area (Å²) in [4.78, 5) is 0. The summed E-state index contributed by atoms with van der Waals surface area (Å²) in [6.07, 6.45) is 8.70. The summed E-state index contributed by atoms with van der Waals surface area (Å²) >= 11 is 0. The van der Waals surface area contributed by atoms with Gasteiger partial charge in [-0.25, -0.2) is 0 Å². The molecule has 0 heteroatoms. The minimum Gasteiger partial charge on any atom is -0.0943 e. The lowest BCUT2D eigenvalue weighted by atomic mass is 9.92. The van der Waals surface area contributed by atoms with Crippen molar-refractivity contribution in [2.24, 2.45) is 5.92 Å². The van der Waals surface area contributed by atoms with Gasteiger partial charge in [-0.15, -0.1) is 0 Å². The van der Waals surface area contributed by atoms with Gasteiger partial charge in [-0.2, -0.15) is 0 Å². The Kier molecular flexibility index (Phi) is 1.97. The number of allylic oxidation sites excluding steroid dienone is 7. The molecule has 0 amide bonds. The minimum absolute atomic E-state index is 0.492. The van der Waals surface area contributed by atoms with Gasteiger partial charge in [-0.1, -0.05) is 55.1 Å². The van der Waals surface area contributed by atoms with Crippen LogP contribution in [0.4, 0.5) is 0 Å². The van der Waals surface area contributed by atoms with E-state index in [9.17, 15) is 0 Å². The third-order valence-corrected chi connectivity index (χ3v) is 3.23. The van der Waals surface area contributed by atoms with Gasteiger partial charge in [0.15, 0.2) is 0 Å². The largest absolute Gasteiger partial charge is 0.0943 e. The van der Waals surface area contributed by atoms with E-state index in [2.05, 4.69) is 62.1 Å². The highest BCUT2D eigenvalue weighted by molar-refractivity contribution is 5.86. The SMILES string of the molecule is C=C(c1ccccc1C(C)=C1C=C1)C1C=C1. The molecule has 0 aliphatic heterocycles. The molecular weight excluding hydrogens is 192 g/mol. The third kappa shape index (κ3) is 1.57. The first-order valence-electron chi connectivity index (χ1n) is 5.63. The van der Waals surface area contributed by atoms with Crippen LogP contribution in [0.3, 0.4) is 0 Å². The van der Waals surface area contributed by atoms with Crippen LogP contribution in [0.25, 0.3) is 11.1 Å². The molecule has 0 saturated carbocycles. The van der Waals surface area contributed by atoms with E-state index in [0.29, 0.717) is 5.92 Å². The fraction of sp³-hybridized carbons (Fsp3) is 0.125. The van der Waals surface area contributed by atoms with Gasteiger partial charge in [-0.05, 0) is 34.8 Å². The molecule has 2 aliphatic carbocycles. The van der Waals surface area contributed by atoms with Crippen molar-refractivity contribution >= 4 is 11.1 Å². The highest BCUT2D eigenvalue weighted by Crippen LogP contribution is 2.37. The molecule has 16 heavy (non-hydrogen) atoms. The molecule has 0 saturated heterocycles. The van der Waals surface area contributed by atoms with Crippen LogP contribution in [0.1, 0.15) is 18.1 Å². The van der Waals surface area contributed by atoms with E-state index < -0.39 is 0 Å². The minimum atomic E-state index is 0.492. The van der Waals surface area contributed by atoms with Gasteiger partial charge in [0.25, 0.3) is 0 Å². The maximum atomic E-state index is 4.20. The van der Waals surface area contributed by atoms with Crippen LogP contribution in [0, 0.1) is 5.92 Å². The molecule has 0 spiro atoms. The van der Waals surface area contributed by atoms with Crippen LogP contribution >= 0.6 is 0 Å². The summed E-state index contributed by atoms with van der Waals surface area (Å²) in [5.74, 6) is 0.492. The van der Waals surface area contributed by atoms with Gasteiger partial charge >= 0.3 is 0 Å². The van der Waals surface area contributed by atoms with Crippen LogP contribution < -0.4 is 0 Å². The zero-order valence-corrected chi connectivity index (χ0v) is 9.40. The molecule has 78 valence electrons. The monoisotopic (exact) mass is 206 g/mol. The topological polar surface area (TPSA) is 0 Å². The number of benzene rings is 1. The van der Waals surface area contributed by atoms with E-state index in [4.69, 9.17) is 0 Å². The third-order valence-electron chi connectivity index (χ3n) is 3.23. The van der Waals surface area contributed by atoms with Gasteiger partial charge < -0.3 is 0 Å². The predicted octanol–water partition coefficient (Wildman–Crippen LogP) is 4.23. The number of rotatable bonds is 3. The summed E-state index contributed by atoms with van der Waals surface area (Å²) in [5.41, 5.74) is 6.55. The second kappa shape index (κ2) is 3.34. The van der Waals surface area contributed by atoms with E-state index in [1.807, 2.05) is 0 Å². The number of hydrogen-bond donors (Lipinski definition) is 0. The molecular formula is C16H14. The van der Waals surface area contributed by atoms with Crippen molar-refractivity contribution in [1.29, 1.82) is 0 Å². The maximum Gasteiger partial charge on any atom is 0.0199 e. The predicted molar refractivity (Wildman–Crippen MR) is 69.8 cm³/mol. The first kappa shape index (κ1) is 9.41. The van der Waals surface area contributed by atoms with Crippen molar-refractivity contribution < 1.29 is 0 Å². The van der Waals surface area contributed by atoms with Crippen LogP contribution in [0.2, 0.25) is 0 Å². The quantitative estimate of drug-likeness (QED) is 0.649. The molecule has 0 nitrogen and oxygen atoms in total. The van der Waals surface area contributed by atoms with Crippen molar-refractivity contribution in [1.82, 2.24) is 0 Å². The molecule has 0 bridgehead atoms. The van der Waals surface area contributed by atoms with Crippen molar-refractivity contribution in [3.63, 3.8) is 0 Å². The Balaban J connectivity index is 2.03. The summed E-state index contributed by atoms with van der Waals surface area (Å²) in [6.45, 7) is 6.39. The van der Waals surface area contributed by atoms with Gasteiger partial charge in [-0.3, -0.25) is 0 Å². The Morgan fingerprint density at radius 3 is 2.25 bits per heavy atom. The van der Waals surface area contributed by atoms with Crippen molar-refractivity contribution in [3.8, 4) is 0 Å². The summed E-state index contributed by atoms with van der Waals surface area (Å²) < 4.78 is 0. The van der Waals surface area contributed by atoms with Crippen molar-refractivity contribution in [3.05, 3.63) is 71.8 Å². The van der Waals surface area contributed by atoms with E-state index in [-0.39, 0.29) is 0 Å². The Hall–Kier alpha value is -1.82. The molecule has 0 radical (unpaired) electrons. The van der Waals surface area contributed by atoms with Crippen molar-refractivity contribution in [2.45, 2.75) is 6.92 Å². The average molecular weight is 206 g/mol. The van der Waals surface area contributed by atoms with Crippen LogP contribution in [0.5, 0.6) is 0 Å². The zero-order chi connectivity index (χ0) is 11.1. The second-order valence-corrected chi connectivity index (χ2v) is 4.40. The molecule has 1 aromatic rings. The molecule has 0 unspecified atom stereocenters. The van der Waals surface area contributed by atoms with Crippen LogP contribution in [-0.4, -0.2) is 0 Å². The molecule has 0 atom stereocenters. The Morgan fingerprint density at radius 1 is 1.06 bits per heavy atom. The molecule has 1 aromatic carbocycles. The van der Waals surface area contributed by atoms with Gasteiger partial charge in [0.2, 0.25) is 0 Å². The summed E-state index contributed by atoms with van der Waals surface area (Å²) in [5, 5.41) is 0. The first-order chi connectivity index (χ1) is 7.77. The van der Waals surface area contributed by atoms with E-state index >= 15 is 0 Å². The average Bonchev–Trinajstić information content (AvgIpc) is 3.20. The van der Waals surface area contributed by atoms with Gasteiger partial charge in [0, 0.05) is 5.92 Å². The van der Waals surface area contributed by atoms with E-state index in [1.54, 1.807) is 0 Å². The first-order valence-corrected chi connectivity index (χ1v) is 5.63. The van der Waals surface area contributed by atoms with E-state index in [1.165, 1.54) is 27.8 Å². The Bertz CT molecular complexity index is 539. The smallest absolute Gasteiger partial charge is 0.0199 e. The molecule has 2 aliphatic rings. The van der Waals surface area contributed by atoms with Crippen LogP contribution in [-0.2, 0) is 0 Å². The van der Waals surface area contributed by atoms with Gasteiger partial charge in [0.1, 0.15) is 0 Å². The second-order valence-electron chi connectivity index (χ2n) is 4.40. The summed E-state index contributed by atoms with van der Waals surface area (Å²) in [7, 11) is 0. The summed E-state index contributed by atoms with van der Waals surface area (Å²) in [6, 6.07) is 8.54. The normalized spacial score (nSPS) is 16.4. The van der Waals surface area contributed by atoms with Gasteiger partial charge in [0.05, 0.1) is 0 Å².